The number of carboxylic acid groups (broad SMARTS) is 1. The van der Waals surface area contributed by atoms with Crippen LogP contribution < -0.4 is 9.47 Å². The lowest BCUT2D eigenvalue weighted by atomic mass is 9.95. The lowest BCUT2D eigenvalue weighted by Gasteiger charge is -2.17. The van der Waals surface area contributed by atoms with Crippen LogP contribution >= 0.6 is 0 Å². The van der Waals surface area contributed by atoms with Gasteiger partial charge in [-0.3, -0.25) is 4.79 Å². The molecule has 1 aliphatic carbocycles. The molecule has 0 saturated carbocycles. The summed E-state index contributed by atoms with van der Waals surface area (Å²) >= 11 is 0. The fraction of sp³-hybridized carbons (Fsp3) is 0.320. The van der Waals surface area contributed by atoms with Crippen LogP contribution in [0.25, 0.3) is 11.1 Å². The Balaban J connectivity index is 1.42. The van der Waals surface area contributed by atoms with Crippen molar-refractivity contribution >= 4 is 5.97 Å². The number of carbonyl (C=O) groups is 1. The Morgan fingerprint density at radius 1 is 1.16 bits per heavy atom. The summed E-state index contributed by atoms with van der Waals surface area (Å²) in [6, 6.07) is 12.1. The van der Waals surface area contributed by atoms with Crippen molar-refractivity contribution in [2.24, 2.45) is 0 Å². The highest BCUT2D eigenvalue weighted by molar-refractivity contribution is 5.73. The first-order valence-electron chi connectivity index (χ1n) is 10.6. The van der Waals surface area contributed by atoms with Crippen molar-refractivity contribution in [2.75, 3.05) is 6.61 Å². The largest absolute Gasteiger partial charge is 0.492 e. The molecule has 158 valence electrons. The van der Waals surface area contributed by atoms with Crippen molar-refractivity contribution < 1.29 is 19.4 Å². The molecule has 5 rings (SSSR count). The van der Waals surface area contributed by atoms with Gasteiger partial charge in [0.05, 0.1) is 13.0 Å². The monoisotopic (exact) mass is 416 g/mol. The SMILES string of the molecule is Cc1ncnc(C)c1-c1cccc2c1CC[C@H]2Oc1ccc2c(c1)OC[C@H]2CC(=O)O. The summed E-state index contributed by atoms with van der Waals surface area (Å²) in [5.41, 5.74) is 7.70. The van der Waals surface area contributed by atoms with E-state index in [9.17, 15) is 4.79 Å². The highest BCUT2D eigenvalue weighted by atomic mass is 16.5. The molecule has 1 aromatic heterocycles. The van der Waals surface area contributed by atoms with Gasteiger partial charge in [-0.2, -0.15) is 0 Å². The number of aryl methyl sites for hydroxylation is 2. The first-order chi connectivity index (χ1) is 15.0. The highest BCUT2D eigenvalue weighted by Gasteiger charge is 2.30. The summed E-state index contributed by atoms with van der Waals surface area (Å²) in [6.07, 6.45) is 3.49. The third kappa shape index (κ3) is 3.52. The van der Waals surface area contributed by atoms with Crippen molar-refractivity contribution in [3.05, 3.63) is 70.8 Å². The van der Waals surface area contributed by atoms with Crippen molar-refractivity contribution in [1.29, 1.82) is 0 Å². The number of hydrogen-bond acceptors (Lipinski definition) is 5. The van der Waals surface area contributed by atoms with E-state index in [2.05, 4.69) is 28.2 Å². The maximum atomic E-state index is 11.1. The molecule has 2 atom stereocenters. The first kappa shape index (κ1) is 19.5. The van der Waals surface area contributed by atoms with Crippen LogP contribution in [0.1, 0.15) is 52.9 Å². The zero-order chi connectivity index (χ0) is 21.5. The number of ether oxygens (including phenoxy) is 2. The van der Waals surface area contributed by atoms with E-state index in [1.165, 1.54) is 16.7 Å². The summed E-state index contributed by atoms with van der Waals surface area (Å²) in [5.74, 6) is 0.558. The van der Waals surface area contributed by atoms with Crippen LogP contribution in [-0.4, -0.2) is 27.7 Å². The van der Waals surface area contributed by atoms with E-state index in [4.69, 9.17) is 14.6 Å². The van der Waals surface area contributed by atoms with Crippen molar-refractivity contribution in [2.45, 2.75) is 45.1 Å². The summed E-state index contributed by atoms with van der Waals surface area (Å²) in [4.78, 5) is 19.8. The Morgan fingerprint density at radius 3 is 2.74 bits per heavy atom. The number of carboxylic acids is 1. The fourth-order valence-electron chi connectivity index (χ4n) is 4.83. The molecule has 0 unspecified atom stereocenters. The Morgan fingerprint density at radius 2 is 1.97 bits per heavy atom. The third-order valence-electron chi connectivity index (χ3n) is 6.28. The smallest absolute Gasteiger partial charge is 0.304 e. The van der Waals surface area contributed by atoms with E-state index in [1.54, 1.807) is 6.33 Å². The second-order valence-corrected chi connectivity index (χ2v) is 8.24. The maximum absolute atomic E-state index is 11.1. The fourth-order valence-corrected chi connectivity index (χ4v) is 4.83. The quantitative estimate of drug-likeness (QED) is 0.645. The summed E-state index contributed by atoms with van der Waals surface area (Å²) in [5, 5.41) is 9.09. The van der Waals surface area contributed by atoms with Crippen molar-refractivity contribution in [1.82, 2.24) is 9.97 Å². The van der Waals surface area contributed by atoms with E-state index in [-0.39, 0.29) is 18.4 Å². The van der Waals surface area contributed by atoms with Gasteiger partial charge in [0.15, 0.2) is 0 Å². The highest BCUT2D eigenvalue weighted by Crippen LogP contribution is 2.43. The summed E-state index contributed by atoms with van der Waals surface area (Å²) < 4.78 is 12.1. The van der Waals surface area contributed by atoms with E-state index in [1.807, 2.05) is 32.0 Å². The topological polar surface area (TPSA) is 81.5 Å². The second kappa shape index (κ2) is 7.69. The van der Waals surface area contributed by atoms with Gasteiger partial charge < -0.3 is 14.6 Å². The first-order valence-corrected chi connectivity index (χ1v) is 10.6. The molecule has 2 aromatic carbocycles. The van der Waals surface area contributed by atoms with Crippen LogP contribution in [0, 0.1) is 13.8 Å². The summed E-state index contributed by atoms with van der Waals surface area (Å²) in [6.45, 7) is 4.45. The maximum Gasteiger partial charge on any atom is 0.304 e. The van der Waals surface area contributed by atoms with Gasteiger partial charge in [-0.1, -0.05) is 24.3 Å². The number of aliphatic carboxylic acids is 1. The van der Waals surface area contributed by atoms with Crippen molar-refractivity contribution in [3.63, 3.8) is 0 Å². The molecule has 2 aliphatic rings. The average Bonchev–Trinajstić information content (AvgIpc) is 3.32. The van der Waals surface area contributed by atoms with Gasteiger partial charge in [0.25, 0.3) is 0 Å². The number of rotatable bonds is 5. The molecule has 6 nitrogen and oxygen atoms in total. The minimum absolute atomic E-state index is 0.0329. The van der Waals surface area contributed by atoms with E-state index >= 15 is 0 Å². The molecule has 6 heteroatoms. The van der Waals surface area contributed by atoms with Gasteiger partial charge in [0.1, 0.15) is 23.9 Å². The molecule has 1 aliphatic heterocycles. The normalized spacial score (nSPS) is 18.9. The molecule has 0 fully saturated rings. The van der Waals surface area contributed by atoms with Gasteiger partial charge >= 0.3 is 5.97 Å². The lowest BCUT2D eigenvalue weighted by Crippen LogP contribution is -2.07. The third-order valence-corrected chi connectivity index (χ3v) is 6.28. The van der Waals surface area contributed by atoms with Gasteiger partial charge in [-0.05, 0) is 49.4 Å². The zero-order valence-electron chi connectivity index (χ0n) is 17.6. The van der Waals surface area contributed by atoms with Crippen LogP contribution in [0.4, 0.5) is 0 Å². The van der Waals surface area contributed by atoms with Gasteiger partial charge in [-0.25, -0.2) is 9.97 Å². The Labute approximate surface area is 180 Å². The Hall–Kier alpha value is -3.41. The molecule has 2 heterocycles. The minimum atomic E-state index is -0.811. The predicted octanol–water partition coefficient (Wildman–Crippen LogP) is 4.78. The molecule has 0 radical (unpaired) electrons. The molecule has 0 bridgehead atoms. The number of fused-ring (bicyclic) bond motifs is 2. The van der Waals surface area contributed by atoms with Gasteiger partial charge in [0, 0.05) is 34.5 Å². The average molecular weight is 416 g/mol. The molecule has 31 heavy (non-hydrogen) atoms. The van der Waals surface area contributed by atoms with E-state index in [0.29, 0.717) is 6.61 Å². The molecular weight excluding hydrogens is 392 g/mol. The van der Waals surface area contributed by atoms with Crippen LogP contribution in [-0.2, 0) is 11.2 Å². The zero-order valence-corrected chi connectivity index (χ0v) is 17.6. The van der Waals surface area contributed by atoms with Gasteiger partial charge in [-0.15, -0.1) is 0 Å². The molecular formula is C25H24N2O4. The van der Waals surface area contributed by atoms with Crippen LogP contribution in [0.5, 0.6) is 11.5 Å². The minimum Gasteiger partial charge on any atom is -0.492 e. The molecule has 0 spiro atoms. The Bertz CT molecular complexity index is 1150. The lowest BCUT2D eigenvalue weighted by molar-refractivity contribution is -0.137. The number of benzene rings is 2. The molecule has 0 amide bonds. The molecule has 3 aromatic rings. The van der Waals surface area contributed by atoms with Crippen LogP contribution in [0.15, 0.2) is 42.7 Å². The number of nitrogens with zero attached hydrogens (tertiary/aromatic N) is 2. The number of aromatic nitrogens is 2. The standard InChI is InChI=1S/C25H24N2O4/c1-14-25(15(2)27-13-26-14)21-5-3-4-20-19(21)8-9-22(20)31-17-6-7-18-16(10-24(28)29)12-30-23(18)11-17/h3-7,11,13,16,22H,8-10,12H2,1-2H3,(H,28,29)/t16-,22-/m1/s1. The number of hydrogen-bond donors (Lipinski definition) is 1. The Kier molecular flexibility index (Phi) is 4.85. The van der Waals surface area contributed by atoms with Crippen LogP contribution in [0.3, 0.4) is 0 Å². The molecule has 0 saturated heterocycles. The van der Waals surface area contributed by atoms with Crippen LogP contribution in [0.2, 0.25) is 0 Å². The van der Waals surface area contributed by atoms with E-state index < -0.39 is 5.97 Å². The van der Waals surface area contributed by atoms with Gasteiger partial charge in [0.2, 0.25) is 0 Å². The van der Waals surface area contributed by atoms with Crippen molar-refractivity contribution in [3.8, 4) is 22.6 Å². The second-order valence-electron chi connectivity index (χ2n) is 8.24. The van der Waals surface area contributed by atoms with E-state index in [0.717, 1.165) is 46.9 Å². The predicted molar refractivity (Wildman–Crippen MR) is 116 cm³/mol. The molecule has 1 N–H and O–H groups in total. The summed E-state index contributed by atoms with van der Waals surface area (Å²) in [7, 11) is 0.